The Hall–Kier alpha value is -4.06. The second kappa shape index (κ2) is 6.23. The minimum atomic E-state index is 0.888. The van der Waals surface area contributed by atoms with Crippen molar-refractivity contribution in [1.29, 1.82) is 0 Å². The smallest absolute Gasteiger partial charge is 0.116 e. The van der Waals surface area contributed by atoms with Crippen LogP contribution in [-0.2, 0) is 12.8 Å². The van der Waals surface area contributed by atoms with Crippen molar-refractivity contribution < 1.29 is 0 Å². The molecule has 1 aliphatic rings. The fourth-order valence-corrected chi connectivity index (χ4v) is 5.15. The molecule has 0 bridgehead atoms. The molecule has 0 radical (unpaired) electrons. The van der Waals surface area contributed by atoms with E-state index in [0.717, 1.165) is 62.9 Å². The summed E-state index contributed by atoms with van der Waals surface area (Å²) < 4.78 is 0. The molecule has 0 saturated heterocycles. The number of nitrogens with zero attached hydrogens (tertiary/aromatic N) is 4. The summed E-state index contributed by atoms with van der Waals surface area (Å²) in [5, 5.41) is 3.28. The minimum Gasteiger partial charge on any atom is -0.346 e. The molecule has 0 atom stereocenters. The number of aromatic amines is 2. The summed E-state index contributed by atoms with van der Waals surface area (Å²) in [7, 11) is 0. The number of aromatic nitrogens is 6. The van der Waals surface area contributed by atoms with Gasteiger partial charge in [-0.05, 0) is 54.8 Å². The van der Waals surface area contributed by atoms with E-state index in [1.165, 1.54) is 27.9 Å². The Kier molecular flexibility index (Phi) is 3.43. The Morgan fingerprint density at radius 2 is 1.62 bits per heavy atom. The predicted molar refractivity (Wildman–Crippen MR) is 127 cm³/mol. The third-order valence-corrected chi connectivity index (χ3v) is 6.57. The quantitative estimate of drug-likeness (QED) is 0.350. The molecule has 6 nitrogen and oxygen atoms in total. The highest BCUT2D eigenvalue weighted by molar-refractivity contribution is 6.22. The van der Waals surface area contributed by atoms with Crippen LogP contribution < -0.4 is 0 Å². The van der Waals surface area contributed by atoms with Crippen LogP contribution in [-0.4, -0.2) is 29.9 Å². The first kappa shape index (κ1) is 17.6. The second-order valence-electron chi connectivity index (χ2n) is 8.61. The van der Waals surface area contributed by atoms with Crippen LogP contribution in [0.5, 0.6) is 0 Å². The molecule has 0 unspecified atom stereocenters. The van der Waals surface area contributed by atoms with Gasteiger partial charge in [-0.1, -0.05) is 30.3 Å². The zero-order valence-electron chi connectivity index (χ0n) is 17.8. The van der Waals surface area contributed by atoms with Crippen LogP contribution in [0.2, 0.25) is 0 Å². The molecular formula is C26H20N6. The monoisotopic (exact) mass is 416 g/mol. The summed E-state index contributed by atoms with van der Waals surface area (Å²) in [6.07, 6.45) is 5.53. The van der Waals surface area contributed by atoms with Crippen molar-refractivity contribution >= 4 is 32.7 Å². The SMILES string of the molecule is Cc1nc2c([nH]1)CCc1cc(-c3ccc4c(c3)c3cncnc3c3[nH]c(C)nc43)ccc1-2. The van der Waals surface area contributed by atoms with Gasteiger partial charge in [0.15, 0.2) is 0 Å². The molecule has 154 valence electrons. The molecule has 2 N–H and O–H groups in total. The molecular weight excluding hydrogens is 396 g/mol. The van der Waals surface area contributed by atoms with Crippen LogP contribution in [0.4, 0.5) is 0 Å². The van der Waals surface area contributed by atoms with Crippen molar-refractivity contribution in [2.24, 2.45) is 0 Å². The van der Waals surface area contributed by atoms with Crippen LogP contribution >= 0.6 is 0 Å². The number of H-pyrrole nitrogens is 2. The van der Waals surface area contributed by atoms with Gasteiger partial charge in [-0.15, -0.1) is 0 Å². The molecule has 0 aliphatic heterocycles. The van der Waals surface area contributed by atoms with Crippen molar-refractivity contribution in [3.05, 3.63) is 71.8 Å². The van der Waals surface area contributed by atoms with E-state index in [2.05, 4.69) is 56.3 Å². The van der Waals surface area contributed by atoms with E-state index in [4.69, 9.17) is 9.97 Å². The normalized spacial score (nSPS) is 13.1. The van der Waals surface area contributed by atoms with Crippen molar-refractivity contribution in [3.63, 3.8) is 0 Å². The Balaban J connectivity index is 1.45. The Bertz CT molecular complexity index is 1710. The van der Waals surface area contributed by atoms with E-state index < -0.39 is 0 Å². The Labute approximate surface area is 183 Å². The van der Waals surface area contributed by atoms with Gasteiger partial charge in [0.1, 0.15) is 18.0 Å². The highest BCUT2D eigenvalue weighted by Gasteiger charge is 2.20. The maximum absolute atomic E-state index is 4.75. The minimum absolute atomic E-state index is 0.888. The molecule has 1 aliphatic carbocycles. The van der Waals surface area contributed by atoms with Crippen molar-refractivity contribution in [3.8, 4) is 22.4 Å². The van der Waals surface area contributed by atoms with E-state index in [1.54, 1.807) is 6.33 Å². The van der Waals surface area contributed by atoms with Gasteiger partial charge in [-0.2, -0.15) is 0 Å². The van der Waals surface area contributed by atoms with Gasteiger partial charge < -0.3 is 9.97 Å². The molecule has 3 heterocycles. The average molecular weight is 416 g/mol. The lowest BCUT2D eigenvalue weighted by Crippen LogP contribution is -2.03. The molecule has 6 aromatic rings. The van der Waals surface area contributed by atoms with Crippen molar-refractivity contribution in [1.82, 2.24) is 29.9 Å². The molecule has 0 fully saturated rings. The van der Waals surface area contributed by atoms with Crippen molar-refractivity contribution in [2.75, 3.05) is 0 Å². The van der Waals surface area contributed by atoms with E-state index >= 15 is 0 Å². The molecule has 0 amide bonds. The lowest BCUT2D eigenvalue weighted by Gasteiger charge is -2.17. The largest absolute Gasteiger partial charge is 0.346 e. The Morgan fingerprint density at radius 1 is 0.781 bits per heavy atom. The second-order valence-corrected chi connectivity index (χ2v) is 8.61. The molecule has 6 heteroatoms. The maximum Gasteiger partial charge on any atom is 0.116 e. The summed E-state index contributed by atoms with van der Waals surface area (Å²) >= 11 is 0. The van der Waals surface area contributed by atoms with E-state index in [0.29, 0.717) is 0 Å². The summed E-state index contributed by atoms with van der Waals surface area (Å²) in [5.74, 6) is 1.87. The van der Waals surface area contributed by atoms with Crippen LogP contribution in [0.3, 0.4) is 0 Å². The molecule has 3 aromatic carbocycles. The standard InChI is InChI=1S/C26H20N6/c1-13-29-22-8-5-17-9-15(3-6-18(17)23(22)30-13)16-4-7-19-20(10-16)21-11-27-12-28-24(21)26-25(19)31-14(2)32-26/h3-4,6-7,9-12H,5,8H2,1-2H3,(H,29,30)(H,31,32). The fourth-order valence-electron chi connectivity index (χ4n) is 5.15. The number of fused-ring (bicyclic) bond motifs is 9. The molecule has 32 heavy (non-hydrogen) atoms. The van der Waals surface area contributed by atoms with Gasteiger partial charge in [0.2, 0.25) is 0 Å². The lowest BCUT2D eigenvalue weighted by molar-refractivity contribution is 0.905. The van der Waals surface area contributed by atoms with Gasteiger partial charge in [0.25, 0.3) is 0 Å². The number of hydrogen-bond donors (Lipinski definition) is 2. The highest BCUT2D eigenvalue weighted by Crippen LogP contribution is 2.37. The van der Waals surface area contributed by atoms with Crippen LogP contribution in [0.25, 0.3) is 55.1 Å². The number of benzene rings is 3. The zero-order chi connectivity index (χ0) is 21.4. The topological polar surface area (TPSA) is 83.1 Å². The zero-order valence-corrected chi connectivity index (χ0v) is 17.8. The Morgan fingerprint density at radius 3 is 2.56 bits per heavy atom. The van der Waals surface area contributed by atoms with E-state index in [9.17, 15) is 0 Å². The number of hydrogen-bond acceptors (Lipinski definition) is 4. The van der Waals surface area contributed by atoms with Crippen LogP contribution in [0, 0.1) is 13.8 Å². The van der Waals surface area contributed by atoms with Gasteiger partial charge in [-0.3, -0.25) is 0 Å². The predicted octanol–water partition coefficient (Wildman–Crippen LogP) is 5.43. The van der Waals surface area contributed by atoms with Crippen molar-refractivity contribution in [2.45, 2.75) is 26.7 Å². The third-order valence-electron chi connectivity index (χ3n) is 6.57. The van der Waals surface area contributed by atoms with E-state index in [-0.39, 0.29) is 0 Å². The summed E-state index contributed by atoms with van der Waals surface area (Å²) in [4.78, 5) is 25.1. The van der Waals surface area contributed by atoms with Gasteiger partial charge in [0.05, 0.1) is 22.2 Å². The van der Waals surface area contributed by atoms with Gasteiger partial charge >= 0.3 is 0 Å². The first-order valence-corrected chi connectivity index (χ1v) is 10.9. The summed E-state index contributed by atoms with van der Waals surface area (Å²) in [6.45, 7) is 4.00. The fraction of sp³-hybridized carbons (Fsp3) is 0.154. The van der Waals surface area contributed by atoms with Gasteiger partial charge in [0, 0.05) is 28.2 Å². The lowest BCUT2D eigenvalue weighted by atomic mass is 9.89. The van der Waals surface area contributed by atoms with Crippen LogP contribution in [0.1, 0.15) is 22.9 Å². The molecule has 0 spiro atoms. The first-order valence-electron chi connectivity index (χ1n) is 10.9. The highest BCUT2D eigenvalue weighted by atomic mass is 14.9. The third kappa shape index (κ3) is 2.40. The number of aryl methyl sites for hydroxylation is 4. The van der Waals surface area contributed by atoms with Gasteiger partial charge in [-0.25, -0.2) is 19.9 Å². The maximum atomic E-state index is 4.75. The van der Waals surface area contributed by atoms with E-state index in [1.807, 2.05) is 20.0 Å². The molecule has 0 saturated carbocycles. The number of imidazole rings is 2. The average Bonchev–Trinajstić information content (AvgIpc) is 3.40. The molecule has 3 aromatic heterocycles. The number of rotatable bonds is 1. The number of nitrogens with one attached hydrogen (secondary N) is 2. The summed E-state index contributed by atoms with van der Waals surface area (Å²) in [6, 6.07) is 13.4. The van der Waals surface area contributed by atoms with Crippen LogP contribution in [0.15, 0.2) is 48.9 Å². The summed E-state index contributed by atoms with van der Waals surface area (Å²) in [5.41, 5.74) is 10.2. The first-order chi connectivity index (χ1) is 15.7. The molecule has 7 rings (SSSR count).